The molecular formula is C20H20N8O. The van der Waals surface area contributed by atoms with E-state index >= 15 is 0 Å². The summed E-state index contributed by atoms with van der Waals surface area (Å²) in [6, 6.07) is 7.90. The van der Waals surface area contributed by atoms with E-state index in [1.54, 1.807) is 23.4 Å². The Balaban J connectivity index is 1.26. The third-order valence-corrected chi connectivity index (χ3v) is 5.11. The lowest BCUT2D eigenvalue weighted by atomic mass is 10.2. The molecule has 146 valence electrons. The number of amides is 1. The van der Waals surface area contributed by atoms with Gasteiger partial charge < -0.3 is 14.6 Å². The molecule has 1 N–H and O–H groups in total. The number of nitrogens with one attached hydrogen (secondary N) is 1. The predicted molar refractivity (Wildman–Crippen MR) is 107 cm³/mol. The number of nitrogens with zero attached hydrogens (tertiary/aromatic N) is 7. The highest BCUT2D eigenvalue weighted by Crippen LogP contribution is 2.22. The monoisotopic (exact) mass is 388 g/mol. The topological polar surface area (TPSA) is 93.2 Å². The number of aromatic nitrogens is 6. The lowest BCUT2D eigenvalue weighted by Crippen LogP contribution is -2.37. The maximum atomic E-state index is 12.6. The predicted octanol–water partition coefficient (Wildman–Crippen LogP) is 1.63. The summed E-state index contributed by atoms with van der Waals surface area (Å²) in [7, 11) is 0. The molecule has 29 heavy (non-hydrogen) atoms. The van der Waals surface area contributed by atoms with Gasteiger partial charge in [0.25, 0.3) is 5.91 Å². The van der Waals surface area contributed by atoms with E-state index in [4.69, 9.17) is 0 Å². The standard InChI is InChI=1S/C20H20N8O/c1-14-2-4-16(5-3-14)28-13-23-17(25-28)20(29)24-15-6-9-27(12-15)19-18-21-7-10-26(18)11-8-22-19/h2-5,7-8,10-11,13,15H,6,9,12H2,1H3,(H,24,29)/t15-/m0/s1. The molecule has 0 aliphatic carbocycles. The van der Waals surface area contributed by atoms with E-state index in [1.165, 1.54) is 0 Å². The number of carbonyl (C=O) groups excluding carboxylic acids is 1. The summed E-state index contributed by atoms with van der Waals surface area (Å²) in [5.74, 6) is 0.725. The normalized spacial score (nSPS) is 16.4. The van der Waals surface area contributed by atoms with Gasteiger partial charge in [-0.05, 0) is 25.5 Å². The molecule has 0 saturated carbocycles. The second kappa shape index (κ2) is 7.01. The fraction of sp³-hybridized carbons (Fsp3) is 0.250. The summed E-state index contributed by atoms with van der Waals surface area (Å²) in [6.45, 7) is 3.50. The van der Waals surface area contributed by atoms with Crippen LogP contribution in [0.4, 0.5) is 5.82 Å². The SMILES string of the molecule is Cc1ccc(-n2cnc(C(=O)N[C@H]3CCN(c4nccn5ccnc45)C3)n2)cc1. The number of fused-ring (bicyclic) bond motifs is 1. The van der Waals surface area contributed by atoms with E-state index in [-0.39, 0.29) is 17.8 Å². The average molecular weight is 388 g/mol. The van der Waals surface area contributed by atoms with Crippen LogP contribution in [0.25, 0.3) is 11.3 Å². The molecule has 0 unspecified atom stereocenters. The Labute approximate surface area is 167 Å². The first-order valence-electron chi connectivity index (χ1n) is 9.49. The lowest BCUT2D eigenvalue weighted by Gasteiger charge is -2.18. The van der Waals surface area contributed by atoms with E-state index in [2.05, 4.69) is 30.3 Å². The molecule has 1 aliphatic rings. The van der Waals surface area contributed by atoms with E-state index in [9.17, 15) is 4.79 Å². The van der Waals surface area contributed by atoms with Gasteiger partial charge in [0, 0.05) is 43.9 Å². The molecule has 4 heterocycles. The largest absolute Gasteiger partial charge is 0.351 e. The van der Waals surface area contributed by atoms with Crippen LogP contribution in [0.2, 0.25) is 0 Å². The fourth-order valence-corrected chi connectivity index (χ4v) is 3.57. The van der Waals surface area contributed by atoms with E-state index in [1.807, 2.05) is 48.0 Å². The van der Waals surface area contributed by atoms with Crippen molar-refractivity contribution in [3.05, 3.63) is 66.8 Å². The molecule has 5 rings (SSSR count). The van der Waals surface area contributed by atoms with Crippen molar-refractivity contribution in [1.29, 1.82) is 0 Å². The number of carbonyl (C=O) groups is 1. The van der Waals surface area contributed by atoms with E-state index in [0.717, 1.165) is 35.7 Å². The molecule has 0 spiro atoms. The fourth-order valence-electron chi connectivity index (χ4n) is 3.57. The highest BCUT2D eigenvalue weighted by atomic mass is 16.2. The highest BCUT2D eigenvalue weighted by molar-refractivity contribution is 5.90. The van der Waals surface area contributed by atoms with Gasteiger partial charge in [-0.3, -0.25) is 4.79 Å². The quantitative estimate of drug-likeness (QED) is 0.571. The van der Waals surface area contributed by atoms with E-state index in [0.29, 0.717) is 6.54 Å². The molecule has 1 saturated heterocycles. The van der Waals surface area contributed by atoms with Gasteiger partial charge in [-0.25, -0.2) is 19.6 Å². The molecule has 0 radical (unpaired) electrons. The molecule has 1 amide bonds. The number of aryl methyl sites for hydroxylation is 1. The Morgan fingerprint density at radius 2 is 1.90 bits per heavy atom. The van der Waals surface area contributed by atoms with Crippen LogP contribution in [0.1, 0.15) is 22.6 Å². The number of hydrogen-bond donors (Lipinski definition) is 1. The van der Waals surface area contributed by atoms with Gasteiger partial charge in [-0.2, -0.15) is 0 Å². The molecule has 9 heteroatoms. The zero-order chi connectivity index (χ0) is 19.8. The van der Waals surface area contributed by atoms with E-state index < -0.39 is 0 Å². The minimum atomic E-state index is -0.269. The van der Waals surface area contributed by atoms with Crippen LogP contribution in [0.15, 0.2) is 55.4 Å². The summed E-state index contributed by atoms with van der Waals surface area (Å²) >= 11 is 0. The Bertz CT molecular complexity index is 1160. The van der Waals surface area contributed by atoms with Crippen molar-refractivity contribution in [1.82, 2.24) is 34.4 Å². The highest BCUT2D eigenvalue weighted by Gasteiger charge is 2.27. The Kier molecular flexibility index (Phi) is 4.19. The van der Waals surface area contributed by atoms with Gasteiger partial charge in [0.1, 0.15) is 6.33 Å². The minimum Gasteiger partial charge on any atom is -0.351 e. The molecule has 0 bridgehead atoms. The first-order chi connectivity index (χ1) is 14.2. The second-order valence-corrected chi connectivity index (χ2v) is 7.16. The average Bonchev–Trinajstić information content (AvgIpc) is 3.48. The van der Waals surface area contributed by atoms with Gasteiger partial charge >= 0.3 is 0 Å². The van der Waals surface area contributed by atoms with Crippen LogP contribution in [-0.2, 0) is 0 Å². The maximum absolute atomic E-state index is 12.6. The van der Waals surface area contributed by atoms with Crippen molar-refractivity contribution < 1.29 is 4.79 Å². The molecule has 1 aromatic carbocycles. The molecule has 3 aromatic heterocycles. The summed E-state index contributed by atoms with van der Waals surface area (Å²) in [4.78, 5) is 27.8. The molecule has 4 aromatic rings. The van der Waals surface area contributed by atoms with Crippen LogP contribution in [0.3, 0.4) is 0 Å². The Morgan fingerprint density at radius 3 is 2.72 bits per heavy atom. The van der Waals surface area contributed by atoms with Crippen molar-refractivity contribution in [3.63, 3.8) is 0 Å². The van der Waals surface area contributed by atoms with Crippen LogP contribution >= 0.6 is 0 Å². The first kappa shape index (κ1) is 17.4. The van der Waals surface area contributed by atoms with Crippen molar-refractivity contribution >= 4 is 17.4 Å². The van der Waals surface area contributed by atoms with Crippen LogP contribution in [0, 0.1) is 6.92 Å². The molecule has 1 atom stereocenters. The number of rotatable bonds is 4. The number of imidazole rings is 1. The van der Waals surface area contributed by atoms with Crippen molar-refractivity contribution in [2.45, 2.75) is 19.4 Å². The minimum absolute atomic E-state index is 0.00541. The number of hydrogen-bond acceptors (Lipinski definition) is 6. The van der Waals surface area contributed by atoms with Gasteiger partial charge in [-0.15, -0.1) is 5.10 Å². The van der Waals surface area contributed by atoms with Gasteiger partial charge in [0.15, 0.2) is 11.5 Å². The molecule has 1 fully saturated rings. The summed E-state index contributed by atoms with van der Waals surface area (Å²) < 4.78 is 3.55. The van der Waals surface area contributed by atoms with Gasteiger partial charge in [0.2, 0.25) is 5.82 Å². The Morgan fingerprint density at radius 1 is 1.10 bits per heavy atom. The summed E-state index contributed by atoms with van der Waals surface area (Å²) in [5.41, 5.74) is 2.85. The van der Waals surface area contributed by atoms with Gasteiger partial charge in [0.05, 0.1) is 5.69 Å². The third kappa shape index (κ3) is 3.31. The first-order valence-corrected chi connectivity index (χ1v) is 9.49. The zero-order valence-corrected chi connectivity index (χ0v) is 15.9. The number of anilines is 1. The summed E-state index contributed by atoms with van der Waals surface area (Å²) in [6.07, 6.45) is 9.67. The number of benzene rings is 1. The van der Waals surface area contributed by atoms with Crippen molar-refractivity contribution in [2.24, 2.45) is 0 Å². The van der Waals surface area contributed by atoms with Crippen molar-refractivity contribution in [3.8, 4) is 5.69 Å². The van der Waals surface area contributed by atoms with Gasteiger partial charge in [-0.1, -0.05) is 17.7 Å². The second-order valence-electron chi connectivity index (χ2n) is 7.16. The molecule has 1 aliphatic heterocycles. The van der Waals surface area contributed by atoms with Crippen LogP contribution < -0.4 is 10.2 Å². The third-order valence-electron chi connectivity index (χ3n) is 5.11. The summed E-state index contributed by atoms with van der Waals surface area (Å²) in [5, 5.41) is 7.35. The van der Waals surface area contributed by atoms with Crippen LogP contribution in [-0.4, -0.2) is 54.2 Å². The Hall–Kier alpha value is -3.75. The lowest BCUT2D eigenvalue weighted by molar-refractivity contribution is 0.0930. The van der Waals surface area contributed by atoms with Crippen molar-refractivity contribution in [2.75, 3.05) is 18.0 Å². The molecular weight excluding hydrogens is 368 g/mol. The van der Waals surface area contributed by atoms with Crippen LogP contribution in [0.5, 0.6) is 0 Å². The smallest absolute Gasteiger partial charge is 0.291 e. The zero-order valence-electron chi connectivity index (χ0n) is 15.9. The maximum Gasteiger partial charge on any atom is 0.291 e. The molecule has 9 nitrogen and oxygen atoms in total.